The van der Waals surface area contributed by atoms with Crippen molar-refractivity contribution in [3.8, 4) is 0 Å². The molecule has 4 heteroatoms. The van der Waals surface area contributed by atoms with Gasteiger partial charge in [-0.05, 0) is 6.07 Å². The van der Waals surface area contributed by atoms with Crippen molar-refractivity contribution in [2.75, 3.05) is 14.2 Å². The van der Waals surface area contributed by atoms with Crippen molar-refractivity contribution in [1.82, 2.24) is 10.0 Å². The molecule has 60 valence electrons. The second-order valence-corrected chi connectivity index (χ2v) is 2.08. The van der Waals surface area contributed by atoms with Crippen LogP contribution in [-0.4, -0.2) is 30.1 Å². The number of hydroxylamine groups is 2. The Morgan fingerprint density at radius 3 is 2.91 bits per heavy atom. The van der Waals surface area contributed by atoms with Crippen LogP contribution in [0.25, 0.3) is 0 Å². The molecule has 0 saturated carbocycles. The molecule has 0 unspecified atom stereocenters. The SMILES string of the molecule is CON(C)C(=O)c1cc[nH]c1. The zero-order valence-electron chi connectivity index (χ0n) is 6.50. The first kappa shape index (κ1) is 7.81. The van der Waals surface area contributed by atoms with Crippen molar-refractivity contribution in [2.24, 2.45) is 0 Å². The predicted molar refractivity (Wildman–Crippen MR) is 39.9 cm³/mol. The lowest BCUT2D eigenvalue weighted by molar-refractivity contribution is -0.0756. The van der Waals surface area contributed by atoms with E-state index in [2.05, 4.69) is 4.98 Å². The largest absolute Gasteiger partial charge is 0.367 e. The summed E-state index contributed by atoms with van der Waals surface area (Å²) in [4.78, 5) is 18.7. The minimum atomic E-state index is -0.159. The maximum atomic E-state index is 11.2. The van der Waals surface area contributed by atoms with Gasteiger partial charge in [0.2, 0.25) is 0 Å². The molecular weight excluding hydrogens is 144 g/mol. The van der Waals surface area contributed by atoms with Gasteiger partial charge in [-0.3, -0.25) is 9.63 Å². The average Bonchev–Trinajstić information content (AvgIpc) is 2.53. The number of nitrogens with zero attached hydrogens (tertiary/aromatic N) is 1. The molecule has 1 aromatic heterocycles. The molecule has 1 rings (SSSR count). The van der Waals surface area contributed by atoms with Gasteiger partial charge >= 0.3 is 0 Å². The summed E-state index contributed by atoms with van der Waals surface area (Å²) in [5.41, 5.74) is 0.592. The number of nitrogens with one attached hydrogen (secondary N) is 1. The molecule has 0 saturated heterocycles. The van der Waals surface area contributed by atoms with Crippen LogP contribution in [-0.2, 0) is 4.84 Å². The van der Waals surface area contributed by atoms with Crippen molar-refractivity contribution in [3.05, 3.63) is 24.0 Å². The van der Waals surface area contributed by atoms with Crippen LogP contribution in [0.5, 0.6) is 0 Å². The van der Waals surface area contributed by atoms with Gasteiger partial charge in [-0.2, -0.15) is 0 Å². The maximum absolute atomic E-state index is 11.2. The number of H-pyrrole nitrogens is 1. The molecule has 0 spiro atoms. The molecule has 4 nitrogen and oxygen atoms in total. The molecule has 0 radical (unpaired) electrons. The predicted octanol–water partition coefficient (Wildman–Crippen LogP) is 0.648. The van der Waals surface area contributed by atoms with E-state index in [0.29, 0.717) is 5.56 Å². The first-order valence-corrected chi connectivity index (χ1v) is 3.20. The van der Waals surface area contributed by atoms with Crippen LogP contribution >= 0.6 is 0 Å². The number of hydrogen-bond donors (Lipinski definition) is 1. The average molecular weight is 154 g/mol. The summed E-state index contributed by atoms with van der Waals surface area (Å²) < 4.78 is 0. The van der Waals surface area contributed by atoms with Gasteiger partial charge in [-0.15, -0.1) is 0 Å². The van der Waals surface area contributed by atoms with Crippen LogP contribution < -0.4 is 0 Å². The molecule has 1 heterocycles. The second-order valence-electron chi connectivity index (χ2n) is 2.08. The maximum Gasteiger partial charge on any atom is 0.278 e. The van der Waals surface area contributed by atoms with Gasteiger partial charge in [-0.1, -0.05) is 0 Å². The third-order valence-electron chi connectivity index (χ3n) is 1.40. The van der Waals surface area contributed by atoms with Crippen molar-refractivity contribution in [3.63, 3.8) is 0 Å². The molecule has 11 heavy (non-hydrogen) atoms. The number of aromatic amines is 1. The minimum absolute atomic E-state index is 0.159. The lowest BCUT2D eigenvalue weighted by Crippen LogP contribution is -2.24. The van der Waals surface area contributed by atoms with E-state index in [0.717, 1.165) is 0 Å². The summed E-state index contributed by atoms with van der Waals surface area (Å²) in [7, 11) is 3.01. The zero-order valence-corrected chi connectivity index (χ0v) is 6.50. The van der Waals surface area contributed by atoms with E-state index >= 15 is 0 Å². The van der Waals surface area contributed by atoms with Crippen molar-refractivity contribution >= 4 is 5.91 Å². The highest BCUT2D eigenvalue weighted by Crippen LogP contribution is 2.00. The van der Waals surface area contributed by atoms with Crippen LogP contribution in [0.1, 0.15) is 10.4 Å². The van der Waals surface area contributed by atoms with Crippen molar-refractivity contribution in [2.45, 2.75) is 0 Å². The van der Waals surface area contributed by atoms with Crippen molar-refractivity contribution in [1.29, 1.82) is 0 Å². The molecule has 0 atom stereocenters. The fourth-order valence-electron chi connectivity index (χ4n) is 0.722. The number of hydrogen-bond acceptors (Lipinski definition) is 2. The molecule has 0 aromatic carbocycles. The lowest BCUT2D eigenvalue weighted by atomic mass is 10.3. The first-order valence-electron chi connectivity index (χ1n) is 3.20. The van der Waals surface area contributed by atoms with E-state index in [1.54, 1.807) is 25.5 Å². The summed E-state index contributed by atoms with van der Waals surface area (Å²) in [6.07, 6.45) is 3.31. The highest BCUT2D eigenvalue weighted by molar-refractivity contribution is 5.93. The van der Waals surface area contributed by atoms with Gasteiger partial charge in [0.05, 0.1) is 12.7 Å². The standard InChI is InChI=1S/C7H10N2O2/c1-9(11-2)7(10)6-3-4-8-5-6/h3-5,8H,1-2H3. The number of carbonyl (C=O) groups excluding carboxylic acids is 1. The second kappa shape index (κ2) is 3.21. The first-order chi connectivity index (χ1) is 5.25. The summed E-state index contributed by atoms with van der Waals surface area (Å²) >= 11 is 0. The molecule has 0 fully saturated rings. The molecule has 1 aromatic rings. The number of rotatable bonds is 2. The summed E-state index contributed by atoms with van der Waals surface area (Å²) in [5, 5.41) is 1.17. The molecule has 0 bridgehead atoms. The lowest BCUT2D eigenvalue weighted by Gasteiger charge is -2.11. The van der Waals surface area contributed by atoms with E-state index < -0.39 is 0 Å². The quantitative estimate of drug-likeness (QED) is 0.635. The van der Waals surface area contributed by atoms with Crippen LogP contribution in [0.3, 0.4) is 0 Å². The number of aromatic nitrogens is 1. The summed E-state index contributed by atoms with van der Waals surface area (Å²) in [6.45, 7) is 0. The van der Waals surface area contributed by atoms with Gasteiger partial charge in [-0.25, -0.2) is 5.06 Å². The van der Waals surface area contributed by atoms with E-state index in [1.807, 2.05) is 0 Å². The van der Waals surface area contributed by atoms with E-state index in [1.165, 1.54) is 12.2 Å². The molecular formula is C7H10N2O2. The van der Waals surface area contributed by atoms with Crippen LogP contribution in [0.2, 0.25) is 0 Å². The molecule has 1 N–H and O–H groups in total. The zero-order chi connectivity index (χ0) is 8.27. The Bertz CT molecular complexity index is 231. The Morgan fingerprint density at radius 2 is 2.45 bits per heavy atom. The van der Waals surface area contributed by atoms with Crippen LogP contribution in [0.15, 0.2) is 18.5 Å². The van der Waals surface area contributed by atoms with E-state index in [4.69, 9.17) is 4.84 Å². The van der Waals surface area contributed by atoms with Gasteiger partial charge in [0.1, 0.15) is 0 Å². The van der Waals surface area contributed by atoms with Gasteiger partial charge < -0.3 is 4.98 Å². The fourth-order valence-corrected chi connectivity index (χ4v) is 0.722. The third kappa shape index (κ3) is 1.59. The smallest absolute Gasteiger partial charge is 0.278 e. The molecule has 0 aliphatic rings. The Balaban J connectivity index is 2.70. The Hall–Kier alpha value is -1.29. The van der Waals surface area contributed by atoms with Crippen molar-refractivity contribution < 1.29 is 9.63 Å². The molecule has 0 aliphatic heterocycles. The van der Waals surface area contributed by atoms with Crippen LogP contribution in [0.4, 0.5) is 0 Å². The van der Waals surface area contributed by atoms with Gasteiger partial charge in [0.25, 0.3) is 5.91 Å². The molecule has 0 aliphatic carbocycles. The number of amides is 1. The molecule has 1 amide bonds. The van der Waals surface area contributed by atoms with E-state index in [9.17, 15) is 4.79 Å². The summed E-state index contributed by atoms with van der Waals surface area (Å²) in [5.74, 6) is -0.159. The minimum Gasteiger partial charge on any atom is -0.367 e. The Kier molecular flexibility index (Phi) is 2.28. The summed E-state index contributed by atoms with van der Waals surface area (Å²) in [6, 6.07) is 1.69. The number of carbonyl (C=O) groups is 1. The van der Waals surface area contributed by atoms with Gasteiger partial charge in [0, 0.05) is 19.4 Å². The van der Waals surface area contributed by atoms with Gasteiger partial charge in [0.15, 0.2) is 0 Å². The Morgan fingerprint density at radius 1 is 1.73 bits per heavy atom. The van der Waals surface area contributed by atoms with E-state index in [-0.39, 0.29) is 5.91 Å². The highest BCUT2D eigenvalue weighted by Gasteiger charge is 2.09. The normalized spacial score (nSPS) is 9.64. The Labute approximate surface area is 64.7 Å². The highest BCUT2D eigenvalue weighted by atomic mass is 16.7. The van der Waals surface area contributed by atoms with Crippen LogP contribution in [0, 0.1) is 0 Å². The monoisotopic (exact) mass is 154 g/mol. The topological polar surface area (TPSA) is 45.3 Å². The third-order valence-corrected chi connectivity index (χ3v) is 1.40. The fraction of sp³-hybridized carbons (Fsp3) is 0.286.